The number of fused-ring (bicyclic) bond motifs is 4. The van der Waals surface area contributed by atoms with Crippen LogP contribution in [-0.2, 0) is 0 Å². The van der Waals surface area contributed by atoms with Crippen molar-refractivity contribution in [3.8, 4) is 17.1 Å². The molecular formula is C23H18N4OS. The molecule has 0 aliphatic carbocycles. The maximum absolute atomic E-state index is 6.39. The number of hydrogen-bond donors (Lipinski definition) is 1. The molecule has 1 aromatic heterocycles. The number of rotatable bonds is 4. The summed E-state index contributed by atoms with van der Waals surface area (Å²) in [6, 6.07) is 22.5. The second-order valence-electron chi connectivity index (χ2n) is 6.60. The van der Waals surface area contributed by atoms with Gasteiger partial charge in [0.25, 0.3) is 0 Å². The molecule has 142 valence electrons. The van der Waals surface area contributed by atoms with Crippen LogP contribution in [0.3, 0.4) is 0 Å². The maximum atomic E-state index is 6.39. The topological polar surface area (TPSA) is 59.9 Å². The summed E-state index contributed by atoms with van der Waals surface area (Å²) in [6.45, 7) is 3.75. The van der Waals surface area contributed by atoms with E-state index < -0.39 is 6.23 Å². The van der Waals surface area contributed by atoms with Gasteiger partial charge < -0.3 is 10.1 Å². The molecule has 0 saturated carbocycles. The van der Waals surface area contributed by atoms with E-state index in [1.165, 1.54) is 11.8 Å². The van der Waals surface area contributed by atoms with E-state index in [-0.39, 0.29) is 0 Å². The molecule has 3 aromatic carbocycles. The zero-order valence-electron chi connectivity index (χ0n) is 15.6. The molecule has 0 radical (unpaired) electrons. The van der Waals surface area contributed by atoms with Crippen molar-refractivity contribution in [1.82, 2.24) is 15.2 Å². The van der Waals surface area contributed by atoms with Gasteiger partial charge in [-0.15, -0.1) is 16.8 Å². The molecule has 0 bridgehead atoms. The minimum absolute atomic E-state index is 0.405. The van der Waals surface area contributed by atoms with Gasteiger partial charge in [0.15, 0.2) is 11.9 Å². The minimum Gasteiger partial charge on any atom is -0.448 e. The highest BCUT2D eigenvalue weighted by atomic mass is 32.2. The van der Waals surface area contributed by atoms with Gasteiger partial charge in [0.2, 0.25) is 11.0 Å². The first-order valence-electron chi connectivity index (χ1n) is 9.32. The number of benzene rings is 3. The standard InChI is InChI=1S/C23H18N4OS/c1-2-14-29-23-25-22-20(26-27-23)18-11-5-6-13-19(18)24-21(28-22)17-12-7-9-15-8-3-4-10-16(15)17/h2-13,21,24H,1,14H2/t21-/m0/s1. The molecule has 6 heteroatoms. The van der Waals surface area contributed by atoms with E-state index in [2.05, 4.69) is 51.3 Å². The average Bonchev–Trinajstić information content (AvgIpc) is 2.93. The molecule has 5 nitrogen and oxygen atoms in total. The van der Waals surface area contributed by atoms with Gasteiger partial charge in [-0.25, -0.2) is 0 Å². The third kappa shape index (κ3) is 3.32. The molecule has 29 heavy (non-hydrogen) atoms. The van der Waals surface area contributed by atoms with Crippen LogP contribution in [0.25, 0.3) is 22.0 Å². The lowest BCUT2D eigenvalue weighted by molar-refractivity contribution is 0.226. The normalized spacial score (nSPS) is 14.8. The number of ether oxygens (including phenoxy) is 1. The van der Waals surface area contributed by atoms with Crippen molar-refractivity contribution in [2.45, 2.75) is 11.4 Å². The molecule has 1 aliphatic heterocycles. The number of nitrogens with zero attached hydrogens (tertiary/aromatic N) is 3. The van der Waals surface area contributed by atoms with Crippen LogP contribution in [0.1, 0.15) is 11.8 Å². The maximum Gasteiger partial charge on any atom is 0.247 e. The number of anilines is 1. The summed E-state index contributed by atoms with van der Waals surface area (Å²) in [7, 11) is 0. The minimum atomic E-state index is -0.405. The summed E-state index contributed by atoms with van der Waals surface area (Å²) in [5.41, 5.74) is 3.54. The van der Waals surface area contributed by atoms with E-state index in [4.69, 9.17) is 4.74 Å². The zero-order chi connectivity index (χ0) is 19.6. The van der Waals surface area contributed by atoms with Crippen LogP contribution in [0, 0.1) is 0 Å². The highest BCUT2D eigenvalue weighted by molar-refractivity contribution is 7.99. The summed E-state index contributed by atoms with van der Waals surface area (Å²) >= 11 is 1.48. The predicted octanol–water partition coefficient (Wildman–Crippen LogP) is 5.47. The summed E-state index contributed by atoms with van der Waals surface area (Å²) in [5, 5.41) is 15.1. The van der Waals surface area contributed by atoms with Crippen molar-refractivity contribution in [2.75, 3.05) is 11.1 Å². The molecule has 0 amide bonds. The van der Waals surface area contributed by atoms with Crippen LogP contribution >= 0.6 is 11.8 Å². The fourth-order valence-electron chi connectivity index (χ4n) is 3.46. The molecule has 5 rings (SSSR count). The van der Waals surface area contributed by atoms with E-state index in [0.717, 1.165) is 27.6 Å². The molecule has 0 fully saturated rings. The van der Waals surface area contributed by atoms with Crippen molar-refractivity contribution >= 4 is 28.2 Å². The van der Waals surface area contributed by atoms with Gasteiger partial charge in [0.1, 0.15) is 0 Å². The Hall–Kier alpha value is -3.38. The fourth-order valence-corrected chi connectivity index (χ4v) is 3.97. The SMILES string of the molecule is C=CCSc1nnc2c(n1)O[C@@H](c1cccc3ccccc13)Nc1ccccc1-2. The number of hydrogen-bond acceptors (Lipinski definition) is 6. The average molecular weight is 398 g/mol. The zero-order valence-corrected chi connectivity index (χ0v) is 16.4. The Morgan fingerprint density at radius 2 is 1.83 bits per heavy atom. The van der Waals surface area contributed by atoms with E-state index in [1.807, 2.05) is 48.5 Å². The van der Waals surface area contributed by atoms with Gasteiger partial charge in [-0.3, -0.25) is 0 Å². The molecule has 1 atom stereocenters. The summed E-state index contributed by atoms with van der Waals surface area (Å²) < 4.78 is 6.39. The molecular weight excluding hydrogens is 380 g/mol. The lowest BCUT2D eigenvalue weighted by Gasteiger charge is -2.21. The lowest BCUT2D eigenvalue weighted by Crippen LogP contribution is -2.17. The first kappa shape index (κ1) is 17.7. The molecule has 1 aliphatic rings. The van der Waals surface area contributed by atoms with Crippen molar-refractivity contribution in [3.05, 3.63) is 84.9 Å². The Morgan fingerprint density at radius 3 is 2.76 bits per heavy atom. The Bertz CT molecular complexity index is 1210. The van der Waals surface area contributed by atoms with Crippen molar-refractivity contribution in [2.24, 2.45) is 0 Å². The van der Waals surface area contributed by atoms with Gasteiger partial charge in [-0.1, -0.05) is 78.5 Å². The largest absolute Gasteiger partial charge is 0.448 e. The van der Waals surface area contributed by atoms with Crippen LogP contribution in [0.15, 0.2) is 84.5 Å². The Labute approximate surface area is 172 Å². The number of aromatic nitrogens is 3. The van der Waals surface area contributed by atoms with Gasteiger partial charge in [0.05, 0.1) is 0 Å². The number of nitrogens with one attached hydrogen (secondary N) is 1. The Morgan fingerprint density at radius 1 is 1.00 bits per heavy atom. The molecule has 2 heterocycles. The fraction of sp³-hybridized carbons (Fsp3) is 0.0870. The van der Waals surface area contributed by atoms with E-state index in [0.29, 0.717) is 22.5 Å². The van der Waals surface area contributed by atoms with Gasteiger partial charge in [0, 0.05) is 22.6 Å². The first-order valence-corrected chi connectivity index (χ1v) is 10.3. The third-order valence-corrected chi connectivity index (χ3v) is 5.60. The van der Waals surface area contributed by atoms with Crippen LogP contribution in [0.5, 0.6) is 5.88 Å². The smallest absolute Gasteiger partial charge is 0.247 e. The number of para-hydroxylation sites is 1. The molecule has 1 N–H and O–H groups in total. The second kappa shape index (κ2) is 7.56. The van der Waals surface area contributed by atoms with Crippen LogP contribution in [0.4, 0.5) is 5.69 Å². The van der Waals surface area contributed by atoms with Gasteiger partial charge >= 0.3 is 0 Å². The van der Waals surface area contributed by atoms with Crippen molar-refractivity contribution in [1.29, 1.82) is 0 Å². The van der Waals surface area contributed by atoms with E-state index in [9.17, 15) is 0 Å². The monoisotopic (exact) mass is 398 g/mol. The van der Waals surface area contributed by atoms with Gasteiger partial charge in [-0.2, -0.15) is 4.98 Å². The van der Waals surface area contributed by atoms with Crippen molar-refractivity contribution in [3.63, 3.8) is 0 Å². The third-order valence-electron chi connectivity index (χ3n) is 4.77. The van der Waals surface area contributed by atoms with Crippen LogP contribution < -0.4 is 10.1 Å². The molecule has 0 unspecified atom stereocenters. The van der Waals surface area contributed by atoms with E-state index in [1.54, 1.807) is 0 Å². The predicted molar refractivity (Wildman–Crippen MR) is 117 cm³/mol. The first-order chi connectivity index (χ1) is 14.3. The van der Waals surface area contributed by atoms with Crippen LogP contribution in [-0.4, -0.2) is 20.9 Å². The second-order valence-corrected chi connectivity index (χ2v) is 7.59. The Balaban J connectivity index is 1.66. The summed E-state index contributed by atoms with van der Waals surface area (Å²) in [6.07, 6.45) is 1.41. The lowest BCUT2D eigenvalue weighted by atomic mass is 10.0. The molecule has 0 saturated heterocycles. The highest BCUT2D eigenvalue weighted by Gasteiger charge is 2.26. The number of thioether (sulfide) groups is 1. The Kier molecular flexibility index (Phi) is 4.62. The molecule has 4 aromatic rings. The summed E-state index contributed by atoms with van der Waals surface area (Å²) in [5.74, 6) is 1.18. The molecule has 0 spiro atoms. The van der Waals surface area contributed by atoms with Gasteiger partial charge in [-0.05, 0) is 16.8 Å². The van der Waals surface area contributed by atoms with E-state index >= 15 is 0 Å². The van der Waals surface area contributed by atoms with Crippen LogP contribution in [0.2, 0.25) is 0 Å². The van der Waals surface area contributed by atoms with Crippen molar-refractivity contribution < 1.29 is 4.74 Å². The quantitative estimate of drug-likeness (QED) is 0.363. The highest BCUT2D eigenvalue weighted by Crippen LogP contribution is 2.40. The summed E-state index contributed by atoms with van der Waals surface area (Å²) in [4.78, 5) is 4.64.